The summed E-state index contributed by atoms with van der Waals surface area (Å²) in [4.78, 5) is 21.6. The molecular weight excluding hydrogens is 172 g/mol. The number of hydrogen-bond donors (Lipinski definition) is 0. The van der Waals surface area contributed by atoms with Crippen LogP contribution in [0.5, 0.6) is 0 Å². The first-order valence-corrected chi connectivity index (χ1v) is 4.31. The van der Waals surface area contributed by atoms with Crippen LogP contribution in [0.4, 0.5) is 0 Å². The number of carbonyl (C=O) groups is 2. The van der Waals surface area contributed by atoms with Gasteiger partial charge in [0.2, 0.25) is 0 Å². The van der Waals surface area contributed by atoms with Gasteiger partial charge in [-0.2, -0.15) is 0 Å². The highest BCUT2D eigenvalue weighted by atomic mass is 16.5. The van der Waals surface area contributed by atoms with Gasteiger partial charge in [0.15, 0.2) is 0 Å². The van der Waals surface area contributed by atoms with E-state index in [1.54, 1.807) is 0 Å². The fourth-order valence-corrected chi connectivity index (χ4v) is 1.41. The molecule has 0 aromatic carbocycles. The summed E-state index contributed by atoms with van der Waals surface area (Å²) in [6.45, 7) is 0. The van der Waals surface area contributed by atoms with E-state index in [1.807, 2.05) is 0 Å². The van der Waals surface area contributed by atoms with E-state index in [1.165, 1.54) is 14.2 Å². The third-order valence-electron chi connectivity index (χ3n) is 2.38. The standard InChI is InChI=1S/C9H14O4/c1-12-8(10)4-6-3-7(6)5-9(11)13-2/h6-7H,3-5H2,1-2H3. The average molecular weight is 186 g/mol. The molecule has 0 amide bonds. The minimum Gasteiger partial charge on any atom is -0.469 e. The lowest BCUT2D eigenvalue weighted by atomic mass is 10.2. The fraction of sp³-hybridized carbons (Fsp3) is 0.778. The van der Waals surface area contributed by atoms with Crippen molar-refractivity contribution in [3.8, 4) is 0 Å². The van der Waals surface area contributed by atoms with E-state index < -0.39 is 0 Å². The summed E-state index contributed by atoms with van der Waals surface area (Å²) in [5.74, 6) is 0.257. The number of esters is 2. The zero-order chi connectivity index (χ0) is 9.84. The lowest BCUT2D eigenvalue weighted by molar-refractivity contribution is -0.143. The highest BCUT2D eigenvalue weighted by Crippen LogP contribution is 2.43. The molecule has 2 unspecified atom stereocenters. The Morgan fingerprint density at radius 2 is 1.46 bits per heavy atom. The van der Waals surface area contributed by atoms with Crippen LogP contribution in [0.1, 0.15) is 19.3 Å². The molecule has 1 fully saturated rings. The molecule has 0 aromatic rings. The van der Waals surface area contributed by atoms with Gasteiger partial charge in [-0.25, -0.2) is 0 Å². The van der Waals surface area contributed by atoms with Gasteiger partial charge in [-0.3, -0.25) is 9.59 Å². The topological polar surface area (TPSA) is 52.6 Å². The van der Waals surface area contributed by atoms with Crippen molar-refractivity contribution in [1.82, 2.24) is 0 Å². The van der Waals surface area contributed by atoms with Gasteiger partial charge < -0.3 is 9.47 Å². The Morgan fingerprint density at radius 3 is 1.77 bits per heavy atom. The second kappa shape index (κ2) is 4.25. The van der Waals surface area contributed by atoms with Crippen molar-refractivity contribution >= 4 is 11.9 Å². The van der Waals surface area contributed by atoms with Gasteiger partial charge in [-0.15, -0.1) is 0 Å². The molecule has 0 bridgehead atoms. The maximum atomic E-state index is 10.8. The Hall–Kier alpha value is -1.06. The number of rotatable bonds is 4. The predicted octanol–water partition coefficient (Wildman–Crippen LogP) is 0.749. The molecule has 0 radical (unpaired) electrons. The van der Waals surface area contributed by atoms with E-state index >= 15 is 0 Å². The first-order valence-electron chi connectivity index (χ1n) is 4.31. The zero-order valence-electron chi connectivity index (χ0n) is 7.91. The zero-order valence-corrected chi connectivity index (χ0v) is 7.91. The van der Waals surface area contributed by atoms with Gasteiger partial charge in [-0.1, -0.05) is 0 Å². The van der Waals surface area contributed by atoms with Gasteiger partial charge in [-0.05, 0) is 18.3 Å². The molecule has 0 aliphatic heterocycles. The molecular formula is C9H14O4. The second-order valence-corrected chi connectivity index (χ2v) is 3.32. The number of ether oxygens (including phenoxy) is 2. The monoisotopic (exact) mass is 186 g/mol. The minimum absolute atomic E-state index is 0.197. The summed E-state index contributed by atoms with van der Waals surface area (Å²) < 4.78 is 9.05. The van der Waals surface area contributed by atoms with E-state index in [4.69, 9.17) is 0 Å². The van der Waals surface area contributed by atoms with Crippen molar-refractivity contribution in [3.05, 3.63) is 0 Å². The molecule has 0 heterocycles. The van der Waals surface area contributed by atoms with Crippen LogP contribution in [0.25, 0.3) is 0 Å². The SMILES string of the molecule is COC(=O)CC1CC1CC(=O)OC. The Morgan fingerprint density at radius 1 is 1.08 bits per heavy atom. The molecule has 74 valence electrons. The largest absolute Gasteiger partial charge is 0.469 e. The lowest BCUT2D eigenvalue weighted by Crippen LogP contribution is -2.05. The summed E-state index contributed by atoms with van der Waals surface area (Å²) in [7, 11) is 2.75. The van der Waals surface area contributed by atoms with Gasteiger partial charge in [0.05, 0.1) is 14.2 Å². The second-order valence-electron chi connectivity index (χ2n) is 3.32. The number of methoxy groups -OCH3 is 2. The van der Waals surface area contributed by atoms with Gasteiger partial charge in [0.1, 0.15) is 0 Å². The molecule has 13 heavy (non-hydrogen) atoms. The molecule has 2 atom stereocenters. The van der Waals surface area contributed by atoms with Crippen LogP contribution in [-0.4, -0.2) is 26.2 Å². The van der Waals surface area contributed by atoms with Crippen molar-refractivity contribution in [3.63, 3.8) is 0 Å². The maximum absolute atomic E-state index is 10.8. The normalized spacial score (nSPS) is 25.1. The molecule has 0 saturated heterocycles. The van der Waals surface area contributed by atoms with E-state index in [9.17, 15) is 9.59 Å². The van der Waals surface area contributed by atoms with E-state index in [2.05, 4.69) is 9.47 Å². The number of carbonyl (C=O) groups excluding carboxylic acids is 2. The Balaban J connectivity index is 2.15. The van der Waals surface area contributed by atoms with Crippen molar-refractivity contribution in [2.24, 2.45) is 11.8 Å². The molecule has 4 nitrogen and oxygen atoms in total. The summed E-state index contributed by atoms with van der Waals surface area (Å²) in [5.41, 5.74) is 0. The van der Waals surface area contributed by atoms with Crippen LogP contribution in [0.15, 0.2) is 0 Å². The van der Waals surface area contributed by atoms with Crippen LogP contribution in [-0.2, 0) is 19.1 Å². The van der Waals surface area contributed by atoms with Gasteiger partial charge >= 0.3 is 11.9 Å². The highest BCUT2D eigenvalue weighted by Gasteiger charge is 2.40. The molecule has 1 saturated carbocycles. The van der Waals surface area contributed by atoms with Crippen LogP contribution in [0.3, 0.4) is 0 Å². The summed E-state index contributed by atoms with van der Waals surface area (Å²) in [6, 6.07) is 0. The molecule has 1 aliphatic rings. The summed E-state index contributed by atoms with van der Waals surface area (Å²) >= 11 is 0. The van der Waals surface area contributed by atoms with Crippen LogP contribution in [0.2, 0.25) is 0 Å². The Labute approximate surface area is 77.2 Å². The first kappa shape index (κ1) is 10.0. The summed E-state index contributed by atoms with van der Waals surface area (Å²) in [6.07, 6.45) is 1.79. The fourth-order valence-electron chi connectivity index (χ4n) is 1.41. The lowest BCUT2D eigenvalue weighted by Gasteiger charge is -1.98. The molecule has 0 aromatic heterocycles. The Kier molecular flexibility index (Phi) is 3.28. The van der Waals surface area contributed by atoms with Crippen molar-refractivity contribution in [1.29, 1.82) is 0 Å². The minimum atomic E-state index is -0.197. The van der Waals surface area contributed by atoms with Crippen molar-refractivity contribution < 1.29 is 19.1 Å². The van der Waals surface area contributed by atoms with E-state index in [-0.39, 0.29) is 11.9 Å². The molecule has 1 rings (SSSR count). The van der Waals surface area contributed by atoms with Crippen LogP contribution in [0, 0.1) is 11.8 Å². The molecule has 0 N–H and O–H groups in total. The van der Waals surface area contributed by atoms with E-state index in [0.29, 0.717) is 24.7 Å². The molecule has 1 aliphatic carbocycles. The smallest absolute Gasteiger partial charge is 0.305 e. The van der Waals surface area contributed by atoms with Crippen LogP contribution < -0.4 is 0 Å². The van der Waals surface area contributed by atoms with Crippen molar-refractivity contribution in [2.75, 3.05) is 14.2 Å². The Bertz CT molecular complexity index is 190. The number of hydrogen-bond acceptors (Lipinski definition) is 4. The first-order chi connectivity index (χ1) is 6.17. The van der Waals surface area contributed by atoms with Crippen molar-refractivity contribution in [2.45, 2.75) is 19.3 Å². The average Bonchev–Trinajstić information content (AvgIpc) is 2.83. The maximum Gasteiger partial charge on any atom is 0.305 e. The van der Waals surface area contributed by atoms with Crippen LogP contribution >= 0.6 is 0 Å². The third-order valence-corrected chi connectivity index (χ3v) is 2.38. The quantitative estimate of drug-likeness (QED) is 0.608. The van der Waals surface area contributed by atoms with E-state index in [0.717, 1.165) is 6.42 Å². The van der Waals surface area contributed by atoms with Gasteiger partial charge in [0.25, 0.3) is 0 Å². The predicted molar refractivity (Wildman–Crippen MR) is 44.9 cm³/mol. The molecule has 0 spiro atoms. The third kappa shape index (κ3) is 3.05. The summed E-state index contributed by atoms with van der Waals surface area (Å²) in [5, 5.41) is 0. The highest BCUT2D eigenvalue weighted by molar-refractivity contribution is 5.72. The van der Waals surface area contributed by atoms with Gasteiger partial charge in [0, 0.05) is 12.8 Å². The molecule has 4 heteroatoms.